The van der Waals surface area contributed by atoms with E-state index < -0.39 is 0 Å². The van der Waals surface area contributed by atoms with E-state index in [2.05, 4.69) is 12.2 Å². The fourth-order valence-corrected chi connectivity index (χ4v) is 3.09. The van der Waals surface area contributed by atoms with Crippen molar-refractivity contribution in [3.63, 3.8) is 0 Å². The van der Waals surface area contributed by atoms with Crippen LogP contribution in [0.1, 0.15) is 58.8 Å². The third-order valence-corrected chi connectivity index (χ3v) is 4.28. The Morgan fingerprint density at radius 1 is 1.39 bits per heavy atom. The molecule has 0 aromatic carbocycles. The molecule has 1 rings (SSSR count). The molecular weight excluding hydrogens is 244 g/mol. The normalized spacial score (nSPS) is 25.4. The van der Waals surface area contributed by atoms with Gasteiger partial charge in [0.1, 0.15) is 0 Å². The molecule has 1 aliphatic carbocycles. The van der Waals surface area contributed by atoms with Crippen LogP contribution in [0.15, 0.2) is 0 Å². The molecule has 0 aliphatic heterocycles. The monoisotopic (exact) mass is 270 g/mol. The van der Waals surface area contributed by atoms with Crippen molar-refractivity contribution in [3.8, 4) is 0 Å². The molecular formula is C14H26N2OS. The highest BCUT2D eigenvalue weighted by molar-refractivity contribution is 7.80. The van der Waals surface area contributed by atoms with Crippen LogP contribution in [0.25, 0.3) is 0 Å². The SMILES string of the molecule is CCCC(C(=O)NC1CCCCC1CC)C(N)=S. The van der Waals surface area contributed by atoms with E-state index in [4.69, 9.17) is 18.0 Å². The van der Waals surface area contributed by atoms with Gasteiger partial charge in [0.15, 0.2) is 0 Å². The van der Waals surface area contributed by atoms with Gasteiger partial charge < -0.3 is 11.1 Å². The number of rotatable bonds is 6. The van der Waals surface area contributed by atoms with Crippen molar-refractivity contribution in [1.29, 1.82) is 0 Å². The summed E-state index contributed by atoms with van der Waals surface area (Å²) < 4.78 is 0. The Morgan fingerprint density at radius 2 is 2.06 bits per heavy atom. The van der Waals surface area contributed by atoms with Crippen LogP contribution < -0.4 is 11.1 Å². The van der Waals surface area contributed by atoms with E-state index >= 15 is 0 Å². The molecule has 0 heterocycles. The molecule has 1 amide bonds. The van der Waals surface area contributed by atoms with Gasteiger partial charge in [-0.1, -0.05) is 51.7 Å². The van der Waals surface area contributed by atoms with Gasteiger partial charge >= 0.3 is 0 Å². The number of carbonyl (C=O) groups is 1. The minimum atomic E-state index is -0.288. The summed E-state index contributed by atoms with van der Waals surface area (Å²) >= 11 is 5.00. The molecule has 0 aromatic rings. The molecule has 0 bridgehead atoms. The first-order chi connectivity index (χ1) is 8.60. The number of hydrogen-bond acceptors (Lipinski definition) is 2. The van der Waals surface area contributed by atoms with Gasteiger partial charge in [0.25, 0.3) is 0 Å². The number of thiocarbonyl (C=S) groups is 1. The Labute approximate surface area is 116 Å². The van der Waals surface area contributed by atoms with Crippen LogP contribution in [-0.4, -0.2) is 16.9 Å². The highest BCUT2D eigenvalue weighted by Gasteiger charge is 2.28. The van der Waals surface area contributed by atoms with Crippen molar-refractivity contribution in [2.75, 3.05) is 0 Å². The summed E-state index contributed by atoms with van der Waals surface area (Å²) in [6.45, 7) is 4.25. The molecule has 3 N–H and O–H groups in total. The minimum Gasteiger partial charge on any atom is -0.393 e. The molecule has 0 spiro atoms. The van der Waals surface area contributed by atoms with Crippen LogP contribution >= 0.6 is 12.2 Å². The first kappa shape index (κ1) is 15.4. The van der Waals surface area contributed by atoms with E-state index in [0.717, 1.165) is 25.7 Å². The van der Waals surface area contributed by atoms with Gasteiger partial charge in [-0.2, -0.15) is 0 Å². The Morgan fingerprint density at radius 3 is 2.61 bits per heavy atom. The molecule has 3 nitrogen and oxygen atoms in total. The number of amides is 1. The van der Waals surface area contributed by atoms with Crippen LogP contribution in [0.4, 0.5) is 0 Å². The van der Waals surface area contributed by atoms with E-state index in [0.29, 0.717) is 16.9 Å². The second kappa shape index (κ2) is 7.72. The van der Waals surface area contributed by atoms with E-state index in [9.17, 15) is 4.79 Å². The molecule has 0 saturated heterocycles. The van der Waals surface area contributed by atoms with Gasteiger partial charge in [0.05, 0.1) is 10.9 Å². The number of hydrogen-bond donors (Lipinski definition) is 2. The van der Waals surface area contributed by atoms with E-state index in [1.165, 1.54) is 19.3 Å². The van der Waals surface area contributed by atoms with Crippen LogP contribution in [-0.2, 0) is 4.79 Å². The zero-order valence-corrected chi connectivity index (χ0v) is 12.4. The minimum absolute atomic E-state index is 0.0368. The van der Waals surface area contributed by atoms with Gasteiger partial charge in [-0.15, -0.1) is 0 Å². The third kappa shape index (κ3) is 4.23. The third-order valence-electron chi connectivity index (χ3n) is 4.00. The van der Waals surface area contributed by atoms with Gasteiger partial charge in [0.2, 0.25) is 5.91 Å². The van der Waals surface area contributed by atoms with Crippen molar-refractivity contribution in [2.45, 2.75) is 64.8 Å². The summed E-state index contributed by atoms with van der Waals surface area (Å²) in [5.41, 5.74) is 5.67. The summed E-state index contributed by atoms with van der Waals surface area (Å²) in [6.07, 6.45) is 7.65. The van der Waals surface area contributed by atoms with Gasteiger partial charge in [0, 0.05) is 6.04 Å². The average Bonchev–Trinajstić information content (AvgIpc) is 2.36. The maximum Gasteiger partial charge on any atom is 0.230 e. The summed E-state index contributed by atoms with van der Waals surface area (Å²) in [5, 5.41) is 3.18. The summed E-state index contributed by atoms with van der Waals surface area (Å²) in [7, 11) is 0. The first-order valence-electron chi connectivity index (χ1n) is 7.19. The molecule has 1 aliphatic rings. The van der Waals surface area contributed by atoms with Gasteiger partial charge in [-0.25, -0.2) is 0 Å². The predicted octanol–water partition coefficient (Wildman–Crippen LogP) is 2.77. The second-order valence-corrected chi connectivity index (χ2v) is 5.78. The molecule has 18 heavy (non-hydrogen) atoms. The summed E-state index contributed by atoms with van der Waals surface area (Å²) in [6, 6.07) is 0.324. The highest BCUT2D eigenvalue weighted by Crippen LogP contribution is 2.27. The summed E-state index contributed by atoms with van der Waals surface area (Å²) in [4.78, 5) is 12.6. The van der Waals surface area contributed by atoms with Crippen molar-refractivity contribution >= 4 is 23.1 Å². The van der Waals surface area contributed by atoms with Crippen molar-refractivity contribution in [2.24, 2.45) is 17.6 Å². The smallest absolute Gasteiger partial charge is 0.230 e. The Kier molecular flexibility index (Phi) is 6.61. The van der Waals surface area contributed by atoms with Crippen LogP contribution in [0, 0.1) is 11.8 Å². The molecule has 1 saturated carbocycles. The van der Waals surface area contributed by atoms with Crippen LogP contribution in [0.5, 0.6) is 0 Å². The Balaban J connectivity index is 2.57. The Bertz CT molecular complexity index is 294. The molecule has 3 unspecified atom stereocenters. The lowest BCUT2D eigenvalue weighted by atomic mass is 9.82. The first-order valence-corrected chi connectivity index (χ1v) is 7.60. The molecule has 0 aromatic heterocycles. The van der Waals surface area contributed by atoms with E-state index in [-0.39, 0.29) is 11.8 Å². The zero-order chi connectivity index (χ0) is 13.5. The standard InChI is InChI=1S/C14H26N2OS/c1-3-7-11(13(15)18)14(17)16-12-9-6-5-8-10(12)4-2/h10-12H,3-9H2,1-2H3,(H2,15,18)(H,16,17). The fourth-order valence-electron chi connectivity index (χ4n) is 2.86. The molecule has 0 radical (unpaired) electrons. The van der Waals surface area contributed by atoms with Crippen molar-refractivity contribution < 1.29 is 4.79 Å². The van der Waals surface area contributed by atoms with Gasteiger partial charge in [-0.05, 0) is 25.2 Å². The molecule has 4 heteroatoms. The zero-order valence-electron chi connectivity index (χ0n) is 11.6. The predicted molar refractivity (Wildman–Crippen MR) is 79.4 cm³/mol. The fraction of sp³-hybridized carbons (Fsp3) is 0.857. The van der Waals surface area contributed by atoms with Crippen molar-refractivity contribution in [1.82, 2.24) is 5.32 Å². The van der Waals surface area contributed by atoms with Gasteiger partial charge in [-0.3, -0.25) is 4.79 Å². The van der Waals surface area contributed by atoms with E-state index in [1.807, 2.05) is 6.92 Å². The number of nitrogens with one attached hydrogen (secondary N) is 1. The summed E-state index contributed by atoms with van der Waals surface area (Å²) in [5.74, 6) is 0.371. The van der Waals surface area contributed by atoms with Crippen LogP contribution in [0.2, 0.25) is 0 Å². The average molecular weight is 270 g/mol. The number of carbonyl (C=O) groups excluding carboxylic acids is 1. The lowest BCUT2D eigenvalue weighted by Gasteiger charge is -2.32. The van der Waals surface area contributed by atoms with E-state index in [1.54, 1.807) is 0 Å². The lowest BCUT2D eigenvalue weighted by Crippen LogP contribution is -2.47. The number of nitrogens with two attached hydrogens (primary N) is 1. The van der Waals surface area contributed by atoms with Crippen molar-refractivity contribution in [3.05, 3.63) is 0 Å². The second-order valence-electron chi connectivity index (χ2n) is 5.31. The highest BCUT2D eigenvalue weighted by atomic mass is 32.1. The molecule has 3 atom stereocenters. The topological polar surface area (TPSA) is 55.1 Å². The quantitative estimate of drug-likeness (QED) is 0.730. The largest absolute Gasteiger partial charge is 0.393 e. The maximum absolute atomic E-state index is 12.2. The Hall–Kier alpha value is -0.640. The molecule has 1 fully saturated rings. The lowest BCUT2D eigenvalue weighted by molar-refractivity contribution is -0.124. The maximum atomic E-state index is 12.2. The van der Waals surface area contributed by atoms with Crippen LogP contribution in [0.3, 0.4) is 0 Å². The molecule has 104 valence electrons.